The summed E-state index contributed by atoms with van der Waals surface area (Å²) in [4.78, 5) is 0. The lowest BCUT2D eigenvalue weighted by Gasteiger charge is -1.97. The molecule has 0 radical (unpaired) electrons. The van der Waals surface area contributed by atoms with Crippen LogP contribution < -0.4 is 0 Å². The van der Waals surface area contributed by atoms with Crippen molar-refractivity contribution in [2.75, 3.05) is 0 Å². The van der Waals surface area contributed by atoms with Crippen LogP contribution in [0.1, 0.15) is 30.9 Å². The molecule has 1 aromatic carbocycles. The Balaban J connectivity index is 2.58. The summed E-state index contributed by atoms with van der Waals surface area (Å²) >= 11 is 0. The second kappa shape index (κ2) is 6.77. The van der Waals surface area contributed by atoms with Crippen LogP contribution in [0.15, 0.2) is 24.3 Å². The molecule has 0 amide bonds. The molecular weight excluding hydrogens is 237 g/mol. The smallest absolute Gasteiger partial charge is 0.170 e. The quantitative estimate of drug-likeness (QED) is 0.697. The van der Waals surface area contributed by atoms with E-state index < -0.39 is 12.6 Å². The van der Waals surface area contributed by atoms with Crippen LogP contribution in [0.4, 0.5) is 13.2 Å². The Morgan fingerprint density at radius 3 is 2.28 bits per heavy atom. The van der Waals surface area contributed by atoms with E-state index in [2.05, 4.69) is 24.7 Å². The maximum atomic E-state index is 11.8. The molecule has 0 heterocycles. The molecule has 0 aliphatic carbocycles. The highest BCUT2D eigenvalue weighted by atomic mass is 19.4. The summed E-state index contributed by atoms with van der Waals surface area (Å²) in [6.45, 7) is 2.10. The van der Waals surface area contributed by atoms with Crippen LogP contribution in [0, 0.1) is 23.7 Å². The van der Waals surface area contributed by atoms with Crippen LogP contribution in [-0.2, 0) is 6.42 Å². The normalized spacial score (nSPS) is 10.0. The zero-order valence-electron chi connectivity index (χ0n) is 10.1. The van der Waals surface area contributed by atoms with Crippen LogP contribution in [0.3, 0.4) is 0 Å². The fraction of sp³-hybridized carbons (Fsp3) is 0.333. The van der Waals surface area contributed by atoms with Gasteiger partial charge in [0.1, 0.15) is 6.42 Å². The van der Waals surface area contributed by atoms with E-state index in [0.717, 1.165) is 18.4 Å². The van der Waals surface area contributed by atoms with Gasteiger partial charge in [0.05, 0.1) is 0 Å². The van der Waals surface area contributed by atoms with Gasteiger partial charge in [-0.15, -0.1) is 0 Å². The molecule has 0 bridgehead atoms. The van der Waals surface area contributed by atoms with Crippen molar-refractivity contribution in [3.05, 3.63) is 35.4 Å². The highest BCUT2D eigenvalue weighted by molar-refractivity contribution is 5.40. The summed E-state index contributed by atoms with van der Waals surface area (Å²) in [5.41, 5.74) is 1.99. The number of halogens is 3. The fourth-order valence-electron chi connectivity index (χ4n) is 1.34. The van der Waals surface area contributed by atoms with E-state index in [-0.39, 0.29) is 0 Å². The Hall–Kier alpha value is -1.87. The van der Waals surface area contributed by atoms with Crippen molar-refractivity contribution in [2.45, 2.75) is 32.4 Å². The first-order valence-corrected chi connectivity index (χ1v) is 5.66. The zero-order valence-corrected chi connectivity index (χ0v) is 10.1. The lowest BCUT2D eigenvalue weighted by atomic mass is 10.1. The third kappa shape index (κ3) is 6.01. The second-order valence-electron chi connectivity index (χ2n) is 3.79. The van der Waals surface area contributed by atoms with E-state index in [9.17, 15) is 13.2 Å². The van der Waals surface area contributed by atoms with Crippen molar-refractivity contribution >= 4 is 0 Å². The Morgan fingerprint density at radius 1 is 1.06 bits per heavy atom. The molecule has 0 fully saturated rings. The SMILES string of the molecule is CCCc1ccc(C#CC#CCC(F)(F)F)cc1. The number of aryl methyl sites for hydroxylation is 1. The van der Waals surface area contributed by atoms with Gasteiger partial charge in [-0.2, -0.15) is 13.2 Å². The summed E-state index contributed by atoms with van der Waals surface area (Å²) in [6.07, 6.45) is -3.26. The average Bonchev–Trinajstić information content (AvgIpc) is 2.30. The molecule has 18 heavy (non-hydrogen) atoms. The van der Waals surface area contributed by atoms with Crippen molar-refractivity contribution in [1.29, 1.82) is 0 Å². The van der Waals surface area contributed by atoms with Crippen LogP contribution in [0.2, 0.25) is 0 Å². The molecule has 0 spiro atoms. The third-order valence-electron chi connectivity index (χ3n) is 2.14. The monoisotopic (exact) mass is 250 g/mol. The Morgan fingerprint density at radius 2 is 1.72 bits per heavy atom. The zero-order chi connectivity index (χ0) is 13.4. The summed E-state index contributed by atoms with van der Waals surface area (Å²) in [5, 5.41) is 0. The standard InChI is InChI=1S/C15H13F3/c1-2-6-13-8-10-14(11-9-13)7-4-3-5-12-15(16,17)18/h8-11H,2,6,12H2,1H3. The van der Waals surface area contributed by atoms with Gasteiger partial charge in [-0.3, -0.25) is 0 Å². The lowest BCUT2D eigenvalue weighted by Crippen LogP contribution is -2.04. The van der Waals surface area contributed by atoms with Crippen molar-refractivity contribution in [1.82, 2.24) is 0 Å². The van der Waals surface area contributed by atoms with Gasteiger partial charge >= 0.3 is 6.18 Å². The van der Waals surface area contributed by atoms with Gasteiger partial charge in [-0.1, -0.05) is 37.3 Å². The molecule has 0 aliphatic heterocycles. The van der Waals surface area contributed by atoms with E-state index in [0.29, 0.717) is 0 Å². The minimum atomic E-state index is -4.24. The summed E-state index contributed by atoms with van der Waals surface area (Å²) in [7, 11) is 0. The average molecular weight is 250 g/mol. The van der Waals surface area contributed by atoms with Crippen LogP contribution in [0.25, 0.3) is 0 Å². The molecule has 94 valence electrons. The minimum absolute atomic E-state index is 0.760. The number of hydrogen-bond acceptors (Lipinski definition) is 0. The van der Waals surface area contributed by atoms with E-state index in [1.807, 2.05) is 30.2 Å². The molecule has 0 unspecified atom stereocenters. The van der Waals surface area contributed by atoms with Gasteiger partial charge in [0.2, 0.25) is 0 Å². The van der Waals surface area contributed by atoms with Gasteiger partial charge in [-0.25, -0.2) is 0 Å². The predicted molar refractivity (Wildman–Crippen MR) is 65.8 cm³/mol. The number of benzene rings is 1. The Labute approximate surface area is 105 Å². The van der Waals surface area contributed by atoms with Crippen molar-refractivity contribution < 1.29 is 13.2 Å². The molecule has 0 saturated carbocycles. The fourth-order valence-corrected chi connectivity index (χ4v) is 1.34. The minimum Gasteiger partial charge on any atom is -0.170 e. The first-order valence-electron chi connectivity index (χ1n) is 5.66. The highest BCUT2D eigenvalue weighted by Gasteiger charge is 2.25. The number of hydrogen-bond donors (Lipinski definition) is 0. The Kier molecular flexibility index (Phi) is 5.33. The lowest BCUT2D eigenvalue weighted by molar-refractivity contribution is -0.123. The highest BCUT2D eigenvalue weighted by Crippen LogP contribution is 2.17. The summed E-state index contributed by atoms with van der Waals surface area (Å²) in [5.74, 6) is 9.30. The molecule has 0 nitrogen and oxygen atoms in total. The molecule has 0 aliphatic rings. The van der Waals surface area contributed by atoms with Crippen molar-refractivity contribution in [3.63, 3.8) is 0 Å². The molecule has 0 saturated heterocycles. The molecular formula is C15H13F3. The van der Waals surface area contributed by atoms with Crippen molar-refractivity contribution in [3.8, 4) is 23.7 Å². The second-order valence-corrected chi connectivity index (χ2v) is 3.79. The van der Waals surface area contributed by atoms with Crippen LogP contribution in [-0.4, -0.2) is 6.18 Å². The largest absolute Gasteiger partial charge is 0.399 e. The third-order valence-corrected chi connectivity index (χ3v) is 2.14. The van der Waals surface area contributed by atoms with E-state index in [4.69, 9.17) is 0 Å². The van der Waals surface area contributed by atoms with Crippen molar-refractivity contribution in [2.24, 2.45) is 0 Å². The van der Waals surface area contributed by atoms with E-state index in [1.165, 1.54) is 5.56 Å². The first kappa shape index (κ1) is 14.2. The van der Waals surface area contributed by atoms with Gasteiger partial charge in [0, 0.05) is 5.56 Å². The van der Waals surface area contributed by atoms with Gasteiger partial charge in [0.25, 0.3) is 0 Å². The van der Waals surface area contributed by atoms with Gasteiger partial charge < -0.3 is 0 Å². The first-order chi connectivity index (χ1) is 8.51. The summed E-state index contributed by atoms with van der Waals surface area (Å²) < 4.78 is 35.3. The van der Waals surface area contributed by atoms with Crippen LogP contribution in [0.5, 0.6) is 0 Å². The molecule has 1 rings (SSSR count). The molecule has 0 aromatic heterocycles. The number of alkyl halides is 3. The van der Waals surface area contributed by atoms with Gasteiger partial charge in [-0.05, 0) is 36.0 Å². The molecule has 1 aromatic rings. The van der Waals surface area contributed by atoms with Gasteiger partial charge in [0.15, 0.2) is 0 Å². The molecule has 3 heteroatoms. The van der Waals surface area contributed by atoms with E-state index in [1.54, 1.807) is 0 Å². The topological polar surface area (TPSA) is 0 Å². The van der Waals surface area contributed by atoms with Crippen LogP contribution >= 0.6 is 0 Å². The molecule has 0 N–H and O–H groups in total. The maximum absolute atomic E-state index is 11.8. The Bertz CT molecular complexity index is 487. The predicted octanol–water partition coefficient (Wildman–Crippen LogP) is 3.95. The molecule has 0 atom stereocenters. The summed E-state index contributed by atoms with van der Waals surface area (Å²) in [6, 6.07) is 7.64. The number of rotatable bonds is 2. The maximum Gasteiger partial charge on any atom is 0.399 e. The van der Waals surface area contributed by atoms with E-state index >= 15 is 0 Å².